The molecule has 3 rings (SSSR count). The fourth-order valence-corrected chi connectivity index (χ4v) is 2.92. The third-order valence-electron chi connectivity index (χ3n) is 4.16. The largest absolute Gasteiger partial charge is 0.359 e. The van der Waals surface area contributed by atoms with Crippen LogP contribution in [0, 0.1) is 11.6 Å². The van der Waals surface area contributed by atoms with E-state index in [-0.39, 0.29) is 30.1 Å². The fraction of sp³-hybridized carbons (Fsp3) is 0.278. The summed E-state index contributed by atoms with van der Waals surface area (Å²) in [7, 11) is 0. The van der Waals surface area contributed by atoms with Crippen LogP contribution < -0.4 is 10.2 Å². The zero-order valence-corrected chi connectivity index (χ0v) is 12.9. The Bertz CT molecular complexity index is 715. The summed E-state index contributed by atoms with van der Waals surface area (Å²) in [6.07, 6.45) is 1.69. The summed E-state index contributed by atoms with van der Waals surface area (Å²) in [6, 6.07) is 10.5. The Morgan fingerprint density at radius 3 is 2.61 bits per heavy atom. The molecule has 0 fully saturated rings. The van der Waals surface area contributed by atoms with E-state index in [9.17, 15) is 13.6 Å². The quantitative estimate of drug-likeness (QED) is 0.935. The molecule has 1 atom stereocenters. The molecule has 0 radical (unpaired) electrons. The second kappa shape index (κ2) is 6.36. The highest BCUT2D eigenvalue weighted by Crippen LogP contribution is 2.31. The smallest absolute Gasteiger partial charge is 0.243 e. The molecule has 23 heavy (non-hydrogen) atoms. The Balaban J connectivity index is 1.74. The van der Waals surface area contributed by atoms with E-state index in [1.807, 2.05) is 4.90 Å². The first kappa shape index (κ1) is 15.5. The lowest BCUT2D eigenvalue weighted by atomic mass is 9.96. The van der Waals surface area contributed by atoms with Gasteiger partial charge in [-0.3, -0.25) is 4.79 Å². The van der Waals surface area contributed by atoms with Gasteiger partial charge in [0.15, 0.2) is 0 Å². The fourth-order valence-electron chi connectivity index (χ4n) is 2.92. The van der Waals surface area contributed by atoms with Crippen molar-refractivity contribution < 1.29 is 13.6 Å². The first-order valence-electron chi connectivity index (χ1n) is 7.63. The zero-order valence-electron chi connectivity index (χ0n) is 12.9. The molecule has 0 aliphatic carbocycles. The Kier molecular flexibility index (Phi) is 4.28. The molecule has 0 aromatic heterocycles. The number of hydrogen-bond donors (Lipinski definition) is 1. The first-order valence-corrected chi connectivity index (χ1v) is 7.63. The van der Waals surface area contributed by atoms with Crippen molar-refractivity contribution in [3.05, 3.63) is 59.7 Å². The maximum Gasteiger partial charge on any atom is 0.243 e. The number of aryl methyl sites for hydroxylation is 1. The number of nitrogens with one attached hydrogen (secondary N) is 1. The molecule has 1 N–H and O–H groups in total. The lowest BCUT2D eigenvalue weighted by Crippen LogP contribution is -2.42. The minimum atomic E-state index is -0.344. The molecule has 3 nitrogen and oxygen atoms in total. The SMILES string of the molecule is CC1CCc2cc(F)ccc2N1CC(=O)Nc1ccc(F)cc1. The van der Waals surface area contributed by atoms with E-state index in [4.69, 9.17) is 0 Å². The van der Waals surface area contributed by atoms with Crippen LogP contribution in [0.15, 0.2) is 42.5 Å². The molecular formula is C18H18F2N2O. The number of anilines is 2. The summed E-state index contributed by atoms with van der Waals surface area (Å²) in [5, 5.41) is 2.76. The van der Waals surface area contributed by atoms with Crippen molar-refractivity contribution in [2.45, 2.75) is 25.8 Å². The van der Waals surface area contributed by atoms with Gasteiger partial charge in [0.2, 0.25) is 5.91 Å². The molecule has 5 heteroatoms. The average Bonchev–Trinajstić information content (AvgIpc) is 2.52. The second-order valence-electron chi connectivity index (χ2n) is 5.84. The highest BCUT2D eigenvalue weighted by molar-refractivity contribution is 5.94. The minimum absolute atomic E-state index is 0.178. The van der Waals surface area contributed by atoms with Crippen molar-refractivity contribution >= 4 is 17.3 Å². The normalized spacial score (nSPS) is 16.8. The molecule has 0 bridgehead atoms. The van der Waals surface area contributed by atoms with Crippen LogP contribution in [0.2, 0.25) is 0 Å². The van der Waals surface area contributed by atoms with E-state index in [1.54, 1.807) is 6.07 Å². The highest BCUT2D eigenvalue weighted by Gasteiger charge is 2.25. The molecule has 0 saturated heterocycles. The van der Waals surface area contributed by atoms with Gasteiger partial charge in [0.05, 0.1) is 6.54 Å². The number of amides is 1. The molecule has 1 heterocycles. The maximum absolute atomic E-state index is 13.4. The van der Waals surface area contributed by atoms with Gasteiger partial charge in [-0.25, -0.2) is 8.78 Å². The van der Waals surface area contributed by atoms with Crippen molar-refractivity contribution in [1.82, 2.24) is 0 Å². The lowest BCUT2D eigenvalue weighted by molar-refractivity contribution is -0.115. The van der Waals surface area contributed by atoms with Gasteiger partial charge in [-0.05, 0) is 67.8 Å². The van der Waals surface area contributed by atoms with Crippen LogP contribution in [0.3, 0.4) is 0 Å². The molecule has 1 unspecified atom stereocenters. The van der Waals surface area contributed by atoms with Crippen molar-refractivity contribution in [2.24, 2.45) is 0 Å². The Hall–Kier alpha value is -2.43. The second-order valence-corrected chi connectivity index (χ2v) is 5.84. The van der Waals surface area contributed by atoms with Gasteiger partial charge < -0.3 is 10.2 Å². The van der Waals surface area contributed by atoms with Crippen LogP contribution in [-0.2, 0) is 11.2 Å². The van der Waals surface area contributed by atoms with Gasteiger partial charge in [0, 0.05) is 17.4 Å². The number of halogens is 2. The summed E-state index contributed by atoms with van der Waals surface area (Å²) in [4.78, 5) is 14.3. The molecule has 1 aliphatic heterocycles. The molecule has 2 aromatic carbocycles. The maximum atomic E-state index is 13.4. The number of fused-ring (bicyclic) bond motifs is 1. The van der Waals surface area contributed by atoms with E-state index in [2.05, 4.69) is 12.2 Å². The zero-order chi connectivity index (χ0) is 16.4. The van der Waals surface area contributed by atoms with Crippen molar-refractivity contribution in [1.29, 1.82) is 0 Å². The molecule has 1 aliphatic rings. The van der Waals surface area contributed by atoms with Crippen LogP contribution in [-0.4, -0.2) is 18.5 Å². The Morgan fingerprint density at radius 1 is 1.17 bits per heavy atom. The number of carbonyl (C=O) groups excluding carboxylic acids is 1. The monoisotopic (exact) mass is 316 g/mol. The van der Waals surface area contributed by atoms with E-state index in [1.165, 1.54) is 36.4 Å². The Labute approximate surface area is 133 Å². The van der Waals surface area contributed by atoms with Crippen LogP contribution in [0.1, 0.15) is 18.9 Å². The molecule has 0 saturated carbocycles. The van der Waals surface area contributed by atoms with Crippen LogP contribution in [0.25, 0.3) is 0 Å². The van der Waals surface area contributed by atoms with Gasteiger partial charge in [-0.15, -0.1) is 0 Å². The summed E-state index contributed by atoms with van der Waals surface area (Å²) in [6.45, 7) is 2.23. The summed E-state index contributed by atoms with van der Waals surface area (Å²) >= 11 is 0. The van der Waals surface area contributed by atoms with Crippen molar-refractivity contribution in [3.8, 4) is 0 Å². The molecule has 120 valence electrons. The van der Waals surface area contributed by atoms with Crippen molar-refractivity contribution in [2.75, 3.05) is 16.8 Å². The average molecular weight is 316 g/mol. The van der Waals surface area contributed by atoms with Crippen LogP contribution in [0.4, 0.5) is 20.2 Å². The number of nitrogens with zero attached hydrogens (tertiary/aromatic N) is 1. The van der Waals surface area contributed by atoms with Gasteiger partial charge >= 0.3 is 0 Å². The summed E-state index contributed by atoms with van der Waals surface area (Å²) < 4.78 is 26.3. The number of rotatable bonds is 3. The molecule has 0 spiro atoms. The lowest BCUT2D eigenvalue weighted by Gasteiger charge is -2.36. The van der Waals surface area contributed by atoms with E-state index in [0.29, 0.717) is 5.69 Å². The van der Waals surface area contributed by atoms with E-state index in [0.717, 1.165) is 24.1 Å². The minimum Gasteiger partial charge on any atom is -0.359 e. The van der Waals surface area contributed by atoms with Gasteiger partial charge in [0.25, 0.3) is 0 Å². The van der Waals surface area contributed by atoms with Crippen LogP contribution >= 0.6 is 0 Å². The van der Waals surface area contributed by atoms with E-state index >= 15 is 0 Å². The molecule has 2 aromatic rings. The van der Waals surface area contributed by atoms with E-state index < -0.39 is 0 Å². The predicted molar refractivity (Wildman–Crippen MR) is 86.6 cm³/mol. The Morgan fingerprint density at radius 2 is 1.87 bits per heavy atom. The van der Waals surface area contributed by atoms with Gasteiger partial charge in [0.1, 0.15) is 11.6 Å². The topological polar surface area (TPSA) is 32.3 Å². The standard InChI is InChI=1S/C18H18F2N2O/c1-12-2-3-13-10-15(20)6-9-17(13)22(12)11-18(23)21-16-7-4-14(19)5-8-16/h4-10,12H,2-3,11H2,1H3,(H,21,23). The number of benzene rings is 2. The van der Waals surface area contributed by atoms with Crippen molar-refractivity contribution in [3.63, 3.8) is 0 Å². The first-order chi connectivity index (χ1) is 11.0. The number of hydrogen-bond acceptors (Lipinski definition) is 2. The van der Waals surface area contributed by atoms with Gasteiger partial charge in [-0.1, -0.05) is 0 Å². The highest BCUT2D eigenvalue weighted by atomic mass is 19.1. The third kappa shape index (κ3) is 3.50. The molecular weight excluding hydrogens is 298 g/mol. The van der Waals surface area contributed by atoms with Gasteiger partial charge in [-0.2, -0.15) is 0 Å². The predicted octanol–water partition coefficient (Wildman–Crippen LogP) is 3.74. The summed E-state index contributed by atoms with van der Waals surface area (Å²) in [5.41, 5.74) is 2.39. The number of carbonyl (C=O) groups is 1. The summed E-state index contributed by atoms with van der Waals surface area (Å²) in [5.74, 6) is -0.779. The molecule has 1 amide bonds. The third-order valence-corrected chi connectivity index (χ3v) is 4.16. The van der Waals surface area contributed by atoms with Crippen LogP contribution in [0.5, 0.6) is 0 Å².